The number of pyridine rings is 1. The maximum absolute atomic E-state index is 13.3. The van der Waals surface area contributed by atoms with Crippen LogP contribution in [0, 0.1) is 17.7 Å². The smallest absolute Gasteiger partial charge is 0.236 e. The molecule has 5 rings (SSSR count). The average molecular weight is 472 g/mol. The Morgan fingerprint density at radius 1 is 0.886 bits per heavy atom. The Labute approximate surface area is 200 Å². The Kier molecular flexibility index (Phi) is 6.49. The van der Waals surface area contributed by atoms with E-state index in [-0.39, 0.29) is 11.9 Å². The summed E-state index contributed by atoms with van der Waals surface area (Å²) in [7, 11) is 1.66. The van der Waals surface area contributed by atoms with Gasteiger partial charge in [-0.1, -0.05) is 11.8 Å². The Balaban J connectivity index is 1.25. The van der Waals surface area contributed by atoms with Crippen molar-refractivity contribution in [2.75, 3.05) is 43.2 Å². The van der Waals surface area contributed by atoms with Gasteiger partial charge in [-0.15, -0.1) is 10.2 Å². The van der Waals surface area contributed by atoms with Gasteiger partial charge in [0.1, 0.15) is 24.3 Å². The summed E-state index contributed by atoms with van der Waals surface area (Å²) in [6.45, 7) is 2.52. The van der Waals surface area contributed by atoms with Crippen LogP contribution in [0.5, 0.6) is 0 Å². The lowest BCUT2D eigenvalue weighted by molar-refractivity contribution is 0.173. The van der Waals surface area contributed by atoms with Crippen LogP contribution in [0.15, 0.2) is 55.8 Å². The van der Waals surface area contributed by atoms with E-state index in [2.05, 4.69) is 56.8 Å². The molecule has 4 aromatic heterocycles. The molecular formula is C23H21FN10O. The number of methoxy groups -OCH3 is 1. The summed E-state index contributed by atoms with van der Waals surface area (Å²) in [6, 6.07) is 3.13. The van der Waals surface area contributed by atoms with E-state index in [9.17, 15) is 4.39 Å². The molecule has 1 aliphatic heterocycles. The second-order valence-electron chi connectivity index (χ2n) is 7.75. The van der Waals surface area contributed by atoms with Gasteiger partial charge >= 0.3 is 0 Å². The molecule has 0 unspecified atom stereocenters. The van der Waals surface area contributed by atoms with Gasteiger partial charge in [-0.25, -0.2) is 29.3 Å². The zero-order chi connectivity index (χ0) is 24.0. The zero-order valence-corrected chi connectivity index (χ0v) is 18.9. The number of piperazine rings is 1. The standard InChI is InChI=1S/C23H21FN10O/c1-35-14-20-13-32(6-7-34(20)21-5-4-19(24)12-25-21)22-26-8-17(9-27-22)2-3-18-10-28-23(29-11-18)33-15-30-31-16-33/h4-5,8-12,15-16,20H,6-7,13-14H2,1H3/t20-/m1/s1. The first-order chi connectivity index (χ1) is 17.2. The van der Waals surface area contributed by atoms with Crippen molar-refractivity contribution in [3.8, 4) is 17.8 Å². The molecule has 0 spiro atoms. The van der Waals surface area contributed by atoms with Crippen LogP contribution in [0.25, 0.3) is 5.95 Å². The number of rotatable bonds is 5. The van der Waals surface area contributed by atoms with Crippen LogP contribution in [-0.2, 0) is 4.74 Å². The number of hydrogen-bond donors (Lipinski definition) is 0. The highest BCUT2D eigenvalue weighted by Crippen LogP contribution is 2.21. The lowest BCUT2D eigenvalue weighted by atomic mass is 10.1. The fourth-order valence-corrected chi connectivity index (χ4v) is 3.73. The molecule has 1 aliphatic rings. The van der Waals surface area contributed by atoms with Gasteiger partial charge in [0.2, 0.25) is 11.9 Å². The van der Waals surface area contributed by atoms with Crippen molar-refractivity contribution in [1.82, 2.24) is 39.7 Å². The van der Waals surface area contributed by atoms with Crippen molar-refractivity contribution in [3.63, 3.8) is 0 Å². The van der Waals surface area contributed by atoms with Crippen LogP contribution < -0.4 is 9.80 Å². The number of halogens is 1. The van der Waals surface area contributed by atoms with Crippen LogP contribution in [-0.4, -0.2) is 79.1 Å². The molecule has 0 saturated carbocycles. The lowest BCUT2D eigenvalue weighted by Gasteiger charge is -2.41. The first-order valence-corrected chi connectivity index (χ1v) is 10.8. The van der Waals surface area contributed by atoms with E-state index in [0.29, 0.717) is 49.3 Å². The largest absolute Gasteiger partial charge is 0.382 e. The lowest BCUT2D eigenvalue weighted by Crippen LogP contribution is -2.56. The Morgan fingerprint density at radius 2 is 1.54 bits per heavy atom. The van der Waals surface area contributed by atoms with E-state index in [1.165, 1.54) is 24.9 Å². The average Bonchev–Trinajstić information content (AvgIpc) is 3.44. The van der Waals surface area contributed by atoms with E-state index >= 15 is 0 Å². The Bertz CT molecular complexity index is 1300. The third kappa shape index (κ3) is 5.20. The summed E-state index contributed by atoms with van der Waals surface area (Å²) in [5.41, 5.74) is 1.35. The molecule has 0 amide bonds. The van der Waals surface area contributed by atoms with Crippen molar-refractivity contribution >= 4 is 11.8 Å². The molecule has 1 atom stereocenters. The summed E-state index contributed by atoms with van der Waals surface area (Å²) in [5, 5.41) is 7.47. The SMILES string of the molecule is COC[C@H]1CN(c2ncc(C#Cc3cnc(-n4cnnc4)nc3)cn2)CCN1c1ccc(F)cn1. The number of anilines is 2. The molecule has 1 saturated heterocycles. The summed E-state index contributed by atoms with van der Waals surface area (Å²) in [4.78, 5) is 26.0. The van der Waals surface area contributed by atoms with Gasteiger partial charge in [0, 0.05) is 51.5 Å². The highest BCUT2D eigenvalue weighted by molar-refractivity contribution is 5.45. The minimum Gasteiger partial charge on any atom is -0.382 e. The highest BCUT2D eigenvalue weighted by atomic mass is 19.1. The van der Waals surface area contributed by atoms with Gasteiger partial charge in [0.15, 0.2) is 0 Å². The van der Waals surface area contributed by atoms with Crippen molar-refractivity contribution in [2.24, 2.45) is 0 Å². The fourth-order valence-electron chi connectivity index (χ4n) is 3.73. The summed E-state index contributed by atoms with van der Waals surface area (Å²) in [5.74, 6) is 7.50. The number of aromatic nitrogens is 8. The van der Waals surface area contributed by atoms with Gasteiger partial charge < -0.3 is 14.5 Å². The second kappa shape index (κ2) is 10.2. The normalized spacial score (nSPS) is 15.5. The van der Waals surface area contributed by atoms with Crippen molar-refractivity contribution in [1.29, 1.82) is 0 Å². The van der Waals surface area contributed by atoms with Crippen molar-refractivity contribution < 1.29 is 9.13 Å². The summed E-state index contributed by atoms with van der Waals surface area (Å²) >= 11 is 0. The summed E-state index contributed by atoms with van der Waals surface area (Å²) in [6.07, 6.45) is 10.9. The van der Waals surface area contributed by atoms with Crippen LogP contribution in [0.1, 0.15) is 11.1 Å². The quantitative estimate of drug-likeness (QED) is 0.392. The van der Waals surface area contributed by atoms with Gasteiger partial charge in [-0.05, 0) is 12.1 Å². The first-order valence-electron chi connectivity index (χ1n) is 10.8. The van der Waals surface area contributed by atoms with Crippen molar-refractivity contribution in [2.45, 2.75) is 6.04 Å². The van der Waals surface area contributed by atoms with Crippen LogP contribution in [0.2, 0.25) is 0 Å². The Hall–Kier alpha value is -4.50. The van der Waals surface area contributed by atoms with Crippen LogP contribution >= 0.6 is 0 Å². The number of hydrogen-bond acceptors (Lipinski definition) is 10. The predicted octanol–water partition coefficient (Wildman–Crippen LogP) is 1.12. The topological polar surface area (TPSA) is 111 Å². The predicted molar refractivity (Wildman–Crippen MR) is 124 cm³/mol. The molecule has 0 bridgehead atoms. The molecule has 0 aromatic carbocycles. The third-order valence-electron chi connectivity index (χ3n) is 5.41. The van der Waals surface area contributed by atoms with E-state index in [1.54, 1.807) is 42.5 Å². The fraction of sp³-hybridized carbons (Fsp3) is 0.261. The number of nitrogens with zero attached hydrogens (tertiary/aromatic N) is 10. The van der Waals surface area contributed by atoms with E-state index in [4.69, 9.17) is 4.74 Å². The third-order valence-corrected chi connectivity index (χ3v) is 5.41. The highest BCUT2D eigenvalue weighted by Gasteiger charge is 2.29. The van der Waals surface area contributed by atoms with Gasteiger partial charge in [0.25, 0.3) is 0 Å². The monoisotopic (exact) mass is 472 g/mol. The maximum atomic E-state index is 13.3. The molecule has 4 aromatic rings. The van der Waals surface area contributed by atoms with Crippen LogP contribution in [0.3, 0.4) is 0 Å². The van der Waals surface area contributed by atoms with Gasteiger partial charge in [-0.3, -0.25) is 4.57 Å². The van der Waals surface area contributed by atoms with Gasteiger partial charge in [0.05, 0.1) is 30.0 Å². The maximum Gasteiger partial charge on any atom is 0.236 e. The Morgan fingerprint density at radius 3 is 2.14 bits per heavy atom. The molecular weight excluding hydrogens is 451 g/mol. The molecule has 35 heavy (non-hydrogen) atoms. The molecule has 176 valence electrons. The molecule has 11 nitrogen and oxygen atoms in total. The minimum absolute atomic E-state index is 0.0239. The minimum atomic E-state index is -0.358. The summed E-state index contributed by atoms with van der Waals surface area (Å²) < 4.78 is 20.3. The second-order valence-corrected chi connectivity index (χ2v) is 7.75. The van der Waals surface area contributed by atoms with E-state index < -0.39 is 0 Å². The van der Waals surface area contributed by atoms with E-state index in [1.807, 2.05) is 0 Å². The molecule has 5 heterocycles. The molecule has 0 aliphatic carbocycles. The van der Waals surface area contributed by atoms with Crippen molar-refractivity contribution in [3.05, 3.63) is 72.7 Å². The number of ether oxygens (including phenoxy) is 1. The van der Waals surface area contributed by atoms with Gasteiger partial charge in [-0.2, -0.15) is 0 Å². The molecule has 12 heteroatoms. The molecule has 1 fully saturated rings. The molecule has 0 N–H and O–H groups in total. The van der Waals surface area contributed by atoms with Crippen LogP contribution in [0.4, 0.5) is 16.2 Å². The first kappa shape index (κ1) is 22.3. The zero-order valence-electron chi connectivity index (χ0n) is 18.9. The van der Waals surface area contributed by atoms with E-state index in [0.717, 1.165) is 5.82 Å². The molecule has 0 radical (unpaired) electrons.